The molecule has 1 fully saturated rings. The molecule has 210 valence electrons. The van der Waals surface area contributed by atoms with E-state index in [2.05, 4.69) is 0 Å². The van der Waals surface area contributed by atoms with E-state index in [4.69, 9.17) is 9.84 Å². The molecule has 3 heterocycles. The molecule has 2 aliphatic heterocycles. The number of hydrogen-bond donors (Lipinski definition) is 0. The molecule has 0 saturated carbocycles. The van der Waals surface area contributed by atoms with Crippen LogP contribution in [0.25, 0.3) is 23.0 Å². The SMILES string of the molecule is CC1=C(C#N)C(=O)N(C(C)C)C(=O)/C1=C/c1cn(-c2ccccc2)nc1-c1cccc(S(=O)(=O)N2CCOCC2)c1. The number of hydrogen-bond acceptors (Lipinski definition) is 7. The Morgan fingerprint density at radius 3 is 2.39 bits per heavy atom. The van der Waals surface area contributed by atoms with Crippen LogP contribution in [0.3, 0.4) is 0 Å². The van der Waals surface area contributed by atoms with Crippen molar-refractivity contribution in [2.75, 3.05) is 26.3 Å². The lowest BCUT2D eigenvalue weighted by Crippen LogP contribution is -2.46. The molecule has 3 aromatic rings. The van der Waals surface area contributed by atoms with Gasteiger partial charge in [-0.1, -0.05) is 30.3 Å². The lowest BCUT2D eigenvalue weighted by molar-refractivity contribution is -0.142. The van der Waals surface area contributed by atoms with Crippen LogP contribution in [0, 0.1) is 11.3 Å². The molecule has 2 aromatic carbocycles. The molecular weight excluding hydrogens is 542 g/mol. The molecule has 0 radical (unpaired) electrons. The fraction of sp³-hybridized carbons (Fsp3) is 0.267. The minimum Gasteiger partial charge on any atom is -0.379 e. The molecule has 1 aromatic heterocycles. The monoisotopic (exact) mass is 571 g/mol. The number of morpholine rings is 1. The van der Waals surface area contributed by atoms with Crippen LogP contribution < -0.4 is 0 Å². The highest BCUT2D eigenvalue weighted by Crippen LogP contribution is 2.33. The highest BCUT2D eigenvalue weighted by molar-refractivity contribution is 7.89. The first-order valence-electron chi connectivity index (χ1n) is 13.2. The summed E-state index contributed by atoms with van der Waals surface area (Å²) in [5.41, 5.74) is 2.63. The van der Waals surface area contributed by atoms with Gasteiger partial charge in [0.1, 0.15) is 17.3 Å². The molecule has 0 aliphatic carbocycles. The summed E-state index contributed by atoms with van der Waals surface area (Å²) >= 11 is 0. The Balaban J connectivity index is 1.68. The molecule has 0 spiro atoms. The van der Waals surface area contributed by atoms with Crippen LogP contribution in [0.1, 0.15) is 26.3 Å². The van der Waals surface area contributed by atoms with E-state index in [1.54, 1.807) is 62.0 Å². The Morgan fingerprint density at radius 1 is 1.02 bits per heavy atom. The number of para-hydroxylation sites is 1. The number of sulfonamides is 1. The van der Waals surface area contributed by atoms with Gasteiger partial charge in [0.2, 0.25) is 10.0 Å². The molecule has 11 heteroatoms. The normalized spacial score (nSPS) is 17.9. The largest absolute Gasteiger partial charge is 0.379 e. The first-order chi connectivity index (χ1) is 19.6. The van der Waals surface area contributed by atoms with Gasteiger partial charge in [-0.25, -0.2) is 13.1 Å². The molecular formula is C30H29N5O5S. The zero-order valence-corrected chi connectivity index (χ0v) is 23.8. The van der Waals surface area contributed by atoms with Gasteiger partial charge in [0.15, 0.2) is 0 Å². The van der Waals surface area contributed by atoms with Crippen molar-refractivity contribution in [1.82, 2.24) is 19.0 Å². The van der Waals surface area contributed by atoms with Gasteiger partial charge in [-0.05, 0) is 56.7 Å². The molecule has 0 atom stereocenters. The van der Waals surface area contributed by atoms with Gasteiger partial charge in [0, 0.05) is 42.0 Å². The Kier molecular flexibility index (Phi) is 7.73. The average molecular weight is 572 g/mol. The van der Waals surface area contributed by atoms with Crippen LogP contribution in [0.4, 0.5) is 0 Å². The van der Waals surface area contributed by atoms with Crippen molar-refractivity contribution in [3.63, 3.8) is 0 Å². The summed E-state index contributed by atoms with van der Waals surface area (Å²) < 4.78 is 35.2. The Morgan fingerprint density at radius 2 is 1.73 bits per heavy atom. The van der Waals surface area contributed by atoms with Crippen LogP contribution in [-0.2, 0) is 24.3 Å². The molecule has 41 heavy (non-hydrogen) atoms. The minimum atomic E-state index is -3.77. The average Bonchev–Trinajstić information content (AvgIpc) is 3.40. The Labute approximate surface area is 238 Å². The molecule has 0 bridgehead atoms. The zero-order chi connectivity index (χ0) is 29.3. The molecule has 2 aliphatic rings. The van der Waals surface area contributed by atoms with Crippen LogP contribution in [-0.4, -0.2) is 71.6 Å². The number of amides is 2. The van der Waals surface area contributed by atoms with Crippen molar-refractivity contribution in [2.45, 2.75) is 31.7 Å². The minimum absolute atomic E-state index is 0.0971. The Hall–Kier alpha value is -4.37. The van der Waals surface area contributed by atoms with Gasteiger partial charge in [0.05, 0.1) is 23.8 Å². The number of nitriles is 1. The third kappa shape index (κ3) is 5.25. The van der Waals surface area contributed by atoms with Gasteiger partial charge in [-0.15, -0.1) is 0 Å². The van der Waals surface area contributed by atoms with Crippen LogP contribution >= 0.6 is 0 Å². The lowest BCUT2D eigenvalue weighted by Gasteiger charge is -2.30. The quantitative estimate of drug-likeness (QED) is 0.327. The predicted octanol–water partition coefficient (Wildman–Crippen LogP) is 3.56. The van der Waals surface area contributed by atoms with Crippen molar-refractivity contribution in [3.05, 3.63) is 83.1 Å². The first-order valence-corrected chi connectivity index (χ1v) is 14.6. The van der Waals surface area contributed by atoms with Crippen molar-refractivity contribution in [2.24, 2.45) is 0 Å². The van der Waals surface area contributed by atoms with Crippen LogP contribution in [0.5, 0.6) is 0 Å². The molecule has 5 rings (SSSR count). The molecule has 2 amide bonds. The molecule has 0 N–H and O–H groups in total. The second-order valence-corrected chi connectivity index (χ2v) is 11.9. The number of carbonyl (C=O) groups excluding carboxylic acids is 2. The summed E-state index contributed by atoms with van der Waals surface area (Å²) in [7, 11) is -3.77. The summed E-state index contributed by atoms with van der Waals surface area (Å²) in [6, 6.07) is 17.4. The van der Waals surface area contributed by atoms with E-state index in [9.17, 15) is 23.3 Å². The summed E-state index contributed by atoms with van der Waals surface area (Å²) in [5.74, 6) is -1.13. The number of rotatable bonds is 6. The summed E-state index contributed by atoms with van der Waals surface area (Å²) in [5, 5.41) is 14.5. The number of carbonyl (C=O) groups is 2. The number of imide groups is 1. The van der Waals surface area contributed by atoms with E-state index in [0.717, 1.165) is 10.6 Å². The maximum absolute atomic E-state index is 13.5. The van der Waals surface area contributed by atoms with E-state index in [1.807, 2.05) is 36.4 Å². The van der Waals surface area contributed by atoms with E-state index < -0.39 is 27.9 Å². The summed E-state index contributed by atoms with van der Waals surface area (Å²) in [6.07, 6.45) is 3.35. The Bertz CT molecular complexity index is 1730. The number of benzene rings is 2. The highest BCUT2D eigenvalue weighted by atomic mass is 32.2. The van der Waals surface area contributed by atoms with Crippen molar-refractivity contribution in [3.8, 4) is 23.0 Å². The van der Waals surface area contributed by atoms with Gasteiger partial charge in [-0.2, -0.15) is 14.7 Å². The first kappa shape index (κ1) is 28.2. The van der Waals surface area contributed by atoms with Crippen molar-refractivity contribution < 1.29 is 22.7 Å². The smallest absolute Gasteiger partial charge is 0.271 e. The van der Waals surface area contributed by atoms with Crippen LogP contribution in [0.2, 0.25) is 0 Å². The van der Waals surface area contributed by atoms with Crippen molar-refractivity contribution >= 4 is 27.9 Å². The fourth-order valence-electron chi connectivity index (χ4n) is 4.89. The summed E-state index contributed by atoms with van der Waals surface area (Å²) in [4.78, 5) is 27.6. The fourth-order valence-corrected chi connectivity index (χ4v) is 6.35. The van der Waals surface area contributed by atoms with Crippen LogP contribution in [0.15, 0.2) is 82.4 Å². The van der Waals surface area contributed by atoms with E-state index in [1.165, 1.54) is 4.31 Å². The third-order valence-corrected chi connectivity index (χ3v) is 8.96. The topological polar surface area (TPSA) is 126 Å². The second kappa shape index (κ2) is 11.2. The maximum Gasteiger partial charge on any atom is 0.271 e. The number of ether oxygens (including phenoxy) is 1. The van der Waals surface area contributed by atoms with Gasteiger partial charge in [0.25, 0.3) is 11.8 Å². The van der Waals surface area contributed by atoms with Crippen molar-refractivity contribution in [1.29, 1.82) is 5.26 Å². The lowest BCUT2D eigenvalue weighted by atomic mass is 9.92. The third-order valence-electron chi connectivity index (χ3n) is 7.07. The summed E-state index contributed by atoms with van der Waals surface area (Å²) in [6.45, 7) is 6.21. The van der Waals surface area contributed by atoms with E-state index in [0.29, 0.717) is 30.0 Å². The van der Waals surface area contributed by atoms with Gasteiger partial charge in [-0.3, -0.25) is 14.5 Å². The second-order valence-electron chi connectivity index (χ2n) is 10.0. The van der Waals surface area contributed by atoms with E-state index in [-0.39, 0.29) is 34.7 Å². The molecule has 10 nitrogen and oxygen atoms in total. The predicted molar refractivity (Wildman–Crippen MR) is 152 cm³/mol. The maximum atomic E-state index is 13.5. The molecule has 0 unspecified atom stereocenters. The standard InChI is InChI=1S/C30H29N5O5S/c1-20(2)35-29(36)26(21(3)27(18-31)30(35)37)17-23-19-34(24-9-5-4-6-10-24)32-28(23)22-8-7-11-25(16-22)41(38,39)33-12-14-40-15-13-33/h4-11,16-17,19-20H,12-15H2,1-3H3/b26-17+. The zero-order valence-electron chi connectivity index (χ0n) is 22.9. The van der Waals surface area contributed by atoms with E-state index >= 15 is 0 Å². The number of aromatic nitrogens is 2. The number of nitrogens with zero attached hydrogens (tertiary/aromatic N) is 5. The molecule has 1 saturated heterocycles. The van der Waals surface area contributed by atoms with Gasteiger partial charge >= 0.3 is 0 Å². The highest BCUT2D eigenvalue weighted by Gasteiger charge is 2.37. The van der Waals surface area contributed by atoms with Gasteiger partial charge < -0.3 is 4.74 Å².